The first-order chi connectivity index (χ1) is 11.1. The third-order valence-electron chi connectivity index (χ3n) is 3.20. The Kier molecular flexibility index (Phi) is 6.14. The quantitative estimate of drug-likeness (QED) is 0.756. The number of aliphatic hydroxyl groups excluding tert-OH is 1. The Morgan fingerprint density at radius 2 is 1.65 bits per heavy atom. The molecular formula is C17H17ClN2O3. The van der Waals surface area contributed by atoms with Crippen LogP contribution in [0.3, 0.4) is 0 Å². The number of amides is 2. The molecule has 2 amide bonds. The van der Waals surface area contributed by atoms with Gasteiger partial charge in [0, 0.05) is 22.7 Å². The standard InChI is InChI=1S/C17H17ClN2O3/c18-14-9-5-4-8-13(14)15(21)10-19-16(22)11-20-17(23)12-6-2-1-3-7-12/h1-9,15,21H,10-11H2,(H,19,22)(H,20,23). The SMILES string of the molecule is O=C(CNC(=O)c1ccccc1)NCC(O)c1ccccc1Cl. The highest BCUT2D eigenvalue weighted by Crippen LogP contribution is 2.21. The van der Waals surface area contributed by atoms with Gasteiger partial charge in [0.2, 0.25) is 5.91 Å². The first-order valence-corrected chi connectivity index (χ1v) is 7.48. The Bertz CT molecular complexity index is 677. The molecule has 0 spiro atoms. The molecule has 0 aliphatic heterocycles. The Labute approximate surface area is 139 Å². The molecule has 3 N–H and O–H groups in total. The van der Waals surface area contributed by atoms with E-state index < -0.39 is 6.10 Å². The van der Waals surface area contributed by atoms with Crippen LogP contribution in [0, 0.1) is 0 Å². The lowest BCUT2D eigenvalue weighted by molar-refractivity contribution is -0.120. The van der Waals surface area contributed by atoms with Crippen LogP contribution in [0.5, 0.6) is 0 Å². The van der Waals surface area contributed by atoms with Crippen LogP contribution in [0.15, 0.2) is 54.6 Å². The summed E-state index contributed by atoms with van der Waals surface area (Å²) in [5, 5.41) is 15.5. The van der Waals surface area contributed by atoms with E-state index in [-0.39, 0.29) is 24.9 Å². The van der Waals surface area contributed by atoms with E-state index in [0.29, 0.717) is 16.1 Å². The molecule has 0 radical (unpaired) electrons. The molecule has 1 unspecified atom stereocenters. The van der Waals surface area contributed by atoms with Gasteiger partial charge in [-0.05, 0) is 18.2 Å². The average Bonchev–Trinajstić information content (AvgIpc) is 2.58. The zero-order valence-corrected chi connectivity index (χ0v) is 13.1. The summed E-state index contributed by atoms with van der Waals surface area (Å²) in [6.07, 6.45) is -0.905. The van der Waals surface area contributed by atoms with Crippen LogP contribution in [-0.4, -0.2) is 30.0 Å². The van der Waals surface area contributed by atoms with E-state index in [2.05, 4.69) is 10.6 Å². The largest absolute Gasteiger partial charge is 0.387 e. The maximum absolute atomic E-state index is 11.8. The number of benzene rings is 2. The predicted molar refractivity (Wildman–Crippen MR) is 88.2 cm³/mol. The topological polar surface area (TPSA) is 78.4 Å². The lowest BCUT2D eigenvalue weighted by atomic mass is 10.1. The third kappa shape index (κ3) is 5.09. The van der Waals surface area contributed by atoms with Gasteiger partial charge in [0.05, 0.1) is 12.6 Å². The van der Waals surface area contributed by atoms with Crippen molar-refractivity contribution in [3.05, 3.63) is 70.7 Å². The van der Waals surface area contributed by atoms with Crippen LogP contribution in [0.1, 0.15) is 22.0 Å². The fraction of sp³-hybridized carbons (Fsp3) is 0.176. The molecular weight excluding hydrogens is 316 g/mol. The fourth-order valence-corrected chi connectivity index (χ4v) is 2.24. The van der Waals surface area contributed by atoms with Gasteiger partial charge in [-0.3, -0.25) is 9.59 Å². The third-order valence-corrected chi connectivity index (χ3v) is 3.55. The first-order valence-electron chi connectivity index (χ1n) is 7.10. The molecule has 0 aliphatic carbocycles. The van der Waals surface area contributed by atoms with E-state index >= 15 is 0 Å². The van der Waals surface area contributed by atoms with Crippen LogP contribution in [-0.2, 0) is 4.79 Å². The second-order valence-electron chi connectivity index (χ2n) is 4.89. The van der Waals surface area contributed by atoms with Gasteiger partial charge in [0.25, 0.3) is 5.91 Å². The van der Waals surface area contributed by atoms with Crippen LogP contribution in [0.4, 0.5) is 0 Å². The minimum absolute atomic E-state index is 0.0176. The summed E-state index contributed by atoms with van der Waals surface area (Å²) in [6, 6.07) is 15.5. The Balaban J connectivity index is 1.77. The fourth-order valence-electron chi connectivity index (χ4n) is 1.98. The summed E-state index contributed by atoms with van der Waals surface area (Å²) in [5.41, 5.74) is 1.03. The lowest BCUT2D eigenvalue weighted by Gasteiger charge is -2.14. The van der Waals surface area contributed by atoms with Crippen molar-refractivity contribution in [1.29, 1.82) is 0 Å². The molecule has 2 aromatic carbocycles. The number of hydrogen-bond acceptors (Lipinski definition) is 3. The van der Waals surface area contributed by atoms with Gasteiger partial charge in [0.1, 0.15) is 0 Å². The summed E-state index contributed by atoms with van der Waals surface area (Å²) in [4.78, 5) is 23.5. The van der Waals surface area contributed by atoms with E-state index in [4.69, 9.17) is 11.6 Å². The van der Waals surface area contributed by atoms with Crippen LogP contribution in [0.2, 0.25) is 5.02 Å². The zero-order chi connectivity index (χ0) is 16.7. The van der Waals surface area contributed by atoms with Crippen molar-refractivity contribution in [1.82, 2.24) is 10.6 Å². The Hall–Kier alpha value is -2.37. The summed E-state index contributed by atoms with van der Waals surface area (Å²) < 4.78 is 0. The summed E-state index contributed by atoms with van der Waals surface area (Å²) >= 11 is 5.98. The monoisotopic (exact) mass is 332 g/mol. The summed E-state index contributed by atoms with van der Waals surface area (Å²) in [6.45, 7) is -0.146. The average molecular weight is 333 g/mol. The highest BCUT2D eigenvalue weighted by molar-refractivity contribution is 6.31. The molecule has 0 aliphatic rings. The van der Waals surface area contributed by atoms with Crippen molar-refractivity contribution in [2.24, 2.45) is 0 Å². The molecule has 1 atom stereocenters. The van der Waals surface area contributed by atoms with Crippen molar-refractivity contribution in [2.75, 3.05) is 13.1 Å². The van der Waals surface area contributed by atoms with Crippen LogP contribution in [0.25, 0.3) is 0 Å². The van der Waals surface area contributed by atoms with E-state index in [0.717, 1.165) is 0 Å². The minimum atomic E-state index is -0.905. The van der Waals surface area contributed by atoms with Crippen molar-refractivity contribution in [3.8, 4) is 0 Å². The molecule has 2 rings (SSSR count). The number of carbonyl (C=O) groups excluding carboxylic acids is 2. The van der Waals surface area contributed by atoms with Crippen LogP contribution >= 0.6 is 11.6 Å². The molecule has 0 heterocycles. The molecule has 0 bridgehead atoms. The number of aliphatic hydroxyl groups is 1. The molecule has 23 heavy (non-hydrogen) atoms. The molecule has 5 nitrogen and oxygen atoms in total. The summed E-state index contributed by atoms with van der Waals surface area (Å²) in [5.74, 6) is -0.715. The highest BCUT2D eigenvalue weighted by Gasteiger charge is 2.13. The molecule has 6 heteroatoms. The normalized spacial score (nSPS) is 11.6. The van der Waals surface area contributed by atoms with Crippen molar-refractivity contribution in [2.45, 2.75) is 6.10 Å². The predicted octanol–water partition coefficient (Wildman–Crippen LogP) is 1.92. The maximum Gasteiger partial charge on any atom is 0.251 e. The second-order valence-corrected chi connectivity index (χ2v) is 5.30. The maximum atomic E-state index is 11.8. The highest BCUT2D eigenvalue weighted by atomic mass is 35.5. The first kappa shape index (κ1) is 17.0. The lowest BCUT2D eigenvalue weighted by Crippen LogP contribution is -2.38. The Morgan fingerprint density at radius 3 is 2.35 bits per heavy atom. The van der Waals surface area contributed by atoms with Crippen molar-refractivity contribution < 1.29 is 14.7 Å². The molecule has 0 saturated carbocycles. The molecule has 0 saturated heterocycles. The molecule has 0 aromatic heterocycles. The van der Waals surface area contributed by atoms with E-state index in [1.165, 1.54) is 0 Å². The van der Waals surface area contributed by atoms with Crippen molar-refractivity contribution >= 4 is 23.4 Å². The number of rotatable bonds is 6. The van der Waals surface area contributed by atoms with Crippen molar-refractivity contribution in [3.63, 3.8) is 0 Å². The number of halogens is 1. The number of hydrogen-bond donors (Lipinski definition) is 3. The molecule has 120 valence electrons. The van der Waals surface area contributed by atoms with Gasteiger partial charge in [0.15, 0.2) is 0 Å². The zero-order valence-electron chi connectivity index (χ0n) is 12.3. The number of carbonyl (C=O) groups is 2. The van der Waals surface area contributed by atoms with Gasteiger partial charge in [-0.1, -0.05) is 48.0 Å². The van der Waals surface area contributed by atoms with Crippen LogP contribution < -0.4 is 10.6 Å². The van der Waals surface area contributed by atoms with E-state index in [9.17, 15) is 14.7 Å². The molecule has 2 aromatic rings. The Morgan fingerprint density at radius 1 is 1.00 bits per heavy atom. The van der Waals surface area contributed by atoms with E-state index in [1.807, 2.05) is 0 Å². The summed E-state index contributed by atoms with van der Waals surface area (Å²) in [7, 11) is 0. The van der Waals surface area contributed by atoms with E-state index in [1.54, 1.807) is 54.6 Å². The van der Waals surface area contributed by atoms with Gasteiger partial charge in [-0.2, -0.15) is 0 Å². The van der Waals surface area contributed by atoms with Gasteiger partial charge >= 0.3 is 0 Å². The minimum Gasteiger partial charge on any atom is -0.387 e. The second kappa shape index (κ2) is 8.31. The van der Waals surface area contributed by atoms with Gasteiger partial charge in [-0.15, -0.1) is 0 Å². The van der Waals surface area contributed by atoms with Gasteiger partial charge < -0.3 is 15.7 Å². The smallest absolute Gasteiger partial charge is 0.251 e. The molecule has 0 fully saturated rings. The number of nitrogens with one attached hydrogen (secondary N) is 2. The van der Waals surface area contributed by atoms with Gasteiger partial charge in [-0.25, -0.2) is 0 Å².